The summed E-state index contributed by atoms with van der Waals surface area (Å²) in [4.78, 5) is 21.0. The normalized spacial score (nSPS) is 19.8. The Hall–Kier alpha value is -4.86. The predicted octanol–water partition coefficient (Wildman–Crippen LogP) is 7.64. The van der Waals surface area contributed by atoms with E-state index in [4.69, 9.17) is 0 Å². The van der Waals surface area contributed by atoms with Gasteiger partial charge in [0.25, 0.3) is 5.69 Å². The summed E-state index contributed by atoms with van der Waals surface area (Å²) >= 11 is 0. The van der Waals surface area contributed by atoms with Gasteiger partial charge in [-0.2, -0.15) is 0 Å². The SMILES string of the molecule is O=[N+]([O-])c1cc(N=Nc2c(Nc3ccccc3)cc(C3CC4CC43)c3ccccc23)c(O)c([N+](=O)[O-])c1. The first-order valence-electron chi connectivity index (χ1n) is 11.9. The number of para-hydroxylation sites is 1. The van der Waals surface area contributed by atoms with E-state index >= 15 is 0 Å². The summed E-state index contributed by atoms with van der Waals surface area (Å²) in [5.74, 6) is 1.22. The van der Waals surface area contributed by atoms with Gasteiger partial charge in [0.15, 0.2) is 0 Å². The van der Waals surface area contributed by atoms with Crippen molar-refractivity contribution in [3.8, 4) is 5.75 Å². The number of hydrogen-bond donors (Lipinski definition) is 2. The van der Waals surface area contributed by atoms with Gasteiger partial charge in [0, 0.05) is 17.1 Å². The van der Waals surface area contributed by atoms with Crippen LogP contribution in [0.1, 0.15) is 24.3 Å². The van der Waals surface area contributed by atoms with Gasteiger partial charge in [-0.1, -0.05) is 42.5 Å². The fraction of sp³-hybridized carbons (Fsp3) is 0.185. The quantitative estimate of drug-likeness (QED) is 0.153. The van der Waals surface area contributed by atoms with E-state index in [1.54, 1.807) is 0 Å². The number of fused-ring (bicyclic) bond motifs is 2. The molecular weight excluding hydrogens is 474 g/mol. The smallest absolute Gasteiger partial charge is 0.319 e. The van der Waals surface area contributed by atoms with E-state index in [0.29, 0.717) is 29.3 Å². The Morgan fingerprint density at radius 1 is 0.865 bits per heavy atom. The second-order valence-corrected chi connectivity index (χ2v) is 9.45. The molecule has 0 saturated heterocycles. The molecule has 0 bridgehead atoms. The standard InChI is InChI=1S/C27H21N5O5/c33-27-24(12-17(31(34)35)13-25(27)32(36)37)29-30-26-19-9-5-4-8-18(19)22(21-11-15-10-20(15)21)14-23(26)28-16-6-2-1-3-7-16/h1-9,12-15,20-21,28,33H,10-11H2. The molecule has 0 aliphatic heterocycles. The van der Waals surface area contributed by atoms with Crippen LogP contribution in [0.2, 0.25) is 0 Å². The maximum Gasteiger partial charge on any atom is 0.319 e. The molecule has 2 N–H and O–H groups in total. The molecule has 3 atom stereocenters. The molecule has 0 amide bonds. The number of azo groups is 1. The number of non-ortho nitro benzene ring substituents is 1. The lowest BCUT2D eigenvalue weighted by molar-refractivity contribution is -0.394. The summed E-state index contributed by atoms with van der Waals surface area (Å²) in [6, 6.07) is 21.2. The van der Waals surface area contributed by atoms with E-state index < -0.39 is 27.0 Å². The number of aromatic hydroxyl groups is 1. The van der Waals surface area contributed by atoms with Gasteiger partial charge in [0.05, 0.1) is 21.6 Å². The number of phenolic OH excluding ortho intramolecular Hbond substituents is 1. The predicted molar refractivity (Wildman–Crippen MR) is 138 cm³/mol. The fourth-order valence-corrected chi connectivity index (χ4v) is 5.29. The Labute approximate surface area is 210 Å². The molecular formula is C27H21N5O5. The van der Waals surface area contributed by atoms with Crippen LogP contribution in [0.5, 0.6) is 5.75 Å². The zero-order valence-corrected chi connectivity index (χ0v) is 19.4. The summed E-state index contributed by atoms with van der Waals surface area (Å²) in [5, 5.41) is 46.9. The number of nitrogens with one attached hydrogen (secondary N) is 1. The molecule has 2 saturated carbocycles. The van der Waals surface area contributed by atoms with Gasteiger partial charge in [0.1, 0.15) is 11.4 Å². The van der Waals surface area contributed by atoms with Gasteiger partial charge in [-0.3, -0.25) is 20.2 Å². The molecule has 10 nitrogen and oxygen atoms in total. The van der Waals surface area contributed by atoms with Crippen molar-refractivity contribution in [3.05, 3.63) is 98.6 Å². The second kappa shape index (κ2) is 8.66. The molecule has 2 aliphatic rings. The Morgan fingerprint density at radius 2 is 1.59 bits per heavy atom. The van der Waals surface area contributed by atoms with E-state index in [0.717, 1.165) is 34.9 Å². The lowest BCUT2D eigenvalue weighted by Gasteiger charge is -2.28. The summed E-state index contributed by atoms with van der Waals surface area (Å²) < 4.78 is 0. The largest absolute Gasteiger partial charge is 0.501 e. The van der Waals surface area contributed by atoms with E-state index in [-0.39, 0.29) is 5.69 Å². The van der Waals surface area contributed by atoms with Crippen molar-refractivity contribution in [2.75, 3.05) is 5.32 Å². The van der Waals surface area contributed by atoms with Gasteiger partial charge in [-0.15, -0.1) is 10.2 Å². The van der Waals surface area contributed by atoms with Crippen LogP contribution in [-0.4, -0.2) is 15.0 Å². The second-order valence-electron chi connectivity index (χ2n) is 9.45. The number of anilines is 2. The summed E-state index contributed by atoms with van der Waals surface area (Å²) in [5.41, 5.74) is 1.49. The average molecular weight is 495 g/mol. The van der Waals surface area contributed by atoms with Crippen LogP contribution in [0, 0.1) is 32.1 Å². The molecule has 4 aromatic rings. The first-order valence-corrected chi connectivity index (χ1v) is 11.9. The number of phenols is 1. The summed E-state index contributed by atoms with van der Waals surface area (Å²) in [6.07, 6.45) is 2.41. The van der Waals surface area contributed by atoms with Crippen molar-refractivity contribution < 1.29 is 15.0 Å². The highest BCUT2D eigenvalue weighted by Crippen LogP contribution is 2.65. The van der Waals surface area contributed by atoms with Crippen molar-refractivity contribution in [1.82, 2.24) is 0 Å². The minimum absolute atomic E-state index is 0.362. The van der Waals surface area contributed by atoms with Crippen LogP contribution >= 0.6 is 0 Å². The molecule has 184 valence electrons. The van der Waals surface area contributed by atoms with Crippen LogP contribution in [-0.2, 0) is 0 Å². The topological polar surface area (TPSA) is 143 Å². The molecule has 3 unspecified atom stereocenters. The molecule has 0 radical (unpaired) electrons. The van der Waals surface area contributed by atoms with Gasteiger partial charge in [0.2, 0.25) is 5.75 Å². The molecule has 4 aromatic carbocycles. The van der Waals surface area contributed by atoms with E-state index in [1.165, 1.54) is 12.0 Å². The van der Waals surface area contributed by atoms with Crippen LogP contribution in [0.25, 0.3) is 10.8 Å². The Bertz CT molecular complexity index is 1600. The Morgan fingerprint density at radius 3 is 2.24 bits per heavy atom. The van der Waals surface area contributed by atoms with E-state index in [1.807, 2.05) is 54.6 Å². The Balaban J connectivity index is 1.52. The van der Waals surface area contributed by atoms with Gasteiger partial charge in [-0.05, 0) is 59.7 Å². The van der Waals surface area contributed by atoms with Crippen molar-refractivity contribution in [2.24, 2.45) is 22.1 Å². The van der Waals surface area contributed by atoms with Crippen LogP contribution in [0.3, 0.4) is 0 Å². The number of nitrogens with zero attached hydrogens (tertiary/aromatic N) is 4. The first kappa shape index (κ1) is 22.6. The minimum Gasteiger partial charge on any atom is -0.501 e. The minimum atomic E-state index is -0.891. The maximum atomic E-state index is 11.4. The zero-order chi connectivity index (χ0) is 25.7. The zero-order valence-electron chi connectivity index (χ0n) is 19.4. The molecule has 0 spiro atoms. The van der Waals surface area contributed by atoms with Crippen molar-refractivity contribution in [3.63, 3.8) is 0 Å². The monoisotopic (exact) mass is 495 g/mol. The lowest BCUT2D eigenvalue weighted by atomic mass is 9.77. The highest BCUT2D eigenvalue weighted by Gasteiger charge is 2.54. The fourth-order valence-electron chi connectivity index (χ4n) is 5.29. The van der Waals surface area contributed by atoms with Gasteiger partial charge in [-0.25, -0.2) is 0 Å². The third kappa shape index (κ3) is 4.02. The van der Waals surface area contributed by atoms with Crippen molar-refractivity contribution in [1.29, 1.82) is 0 Å². The summed E-state index contributed by atoms with van der Waals surface area (Å²) in [7, 11) is 0. The maximum absolute atomic E-state index is 11.4. The Kier molecular flexibility index (Phi) is 5.29. The number of nitro benzene ring substituents is 2. The van der Waals surface area contributed by atoms with Crippen molar-refractivity contribution in [2.45, 2.75) is 18.8 Å². The van der Waals surface area contributed by atoms with Gasteiger partial charge < -0.3 is 10.4 Å². The van der Waals surface area contributed by atoms with Crippen LogP contribution in [0.4, 0.5) is 34.1 Å². The molecule has 0 aromatic heterocycles. The van der Waals surface area contributed by atoms with Crippen molar-refractivity contribution >= 4 is 44.9 Å². The molecule has 6 rings (SSSR count). The average Bonchev–Trinajstić information content (AvgIpc) is 3.53. The number of benzene rings is 4. The number of hydrogen-bond acceptors (Lipinski definition) is 8. The highest BCUT2D eigenvalue weighted by atomic mass is 16.6. The van der Waals surface area contributed by atoms with E-state index in [2.05, 4.69) is 21.6 Å². The van der Waals surface area contributed by atoms with E-state index in [9.17, 15) is 25.3 Å². The number of rotatable bonds is 7. The third-order valence-corrected chi connectivity index (χ3v) is 7.27. The molecule has 2 fully saturated rings. The molecule has 10 heteroatoms. The molecule has 0 heterocycles. The third-order valence-electron chi connectivity index (χ3n) is 7.27. The number of nitro groups is 2. The van der Waals surface area contributed by atoms with Gasteiger partial charge >= 0.3 is 5.69 Å². The highest BCUT2D eigenvalue weighted by molar-refractivity contribution is 6.02. The molecule has 2 aliphatic carbocycles. The van der Waals surface area contributed by atoms with Crippen LogP contribution in [0.15, 0.2) is 83.0 Å². The summed E-state index contributed by atoms with van der Waals surface area (Å²) in [6.45, 7) is 0. The van der Waals surface area contributed by atoms with Crippen LogP contribution < -0.4 is 5.32 Å². The lowest BCUT2D eigenvalue weighted by Crippen LogP contribution is -2.14. The first-order chi connectivity index (χ1) is 17.9. The molecule has 37 heavy (non-hydrogen) atoms.